The number of hydrogen-bond donors (Lipinski definition) is 0. The van der Waals surface area contributed by atoms with E-state index in [9.17, 15) is 24.5 Å². The van der Waals surface area contributed by atoms with Crippen LogP contribution in [0.4, 0.5) is 11.4 Å². The Balaban J connectivity index is 1.51. The Morgan fingerprint density at radius 2 is 1.79 bits per heavy atom. The van der Waals surface area contributed by atoms with E-state index in [4.69, 9.17) is 4.74 Å². The number of Topliss-reactive ketones (excluding diaryl/α,β-unsaturated/α-hetero) is 1. The van der Waals surface area contributed by atoms with Crippen LogP contribution in [-0.2, 0) is 14.3 Å². The lowest BCUT2D eigenvalue weighted by atomic mass is 10.1. The predicted molar refractivity (Wildman–Crippen MR) is 105 cm³/mol. The van der Waals surface area contributed by atoms with Gasteiger partial charge in [-0.25, -0.2) is 4.79 Å². The van der Waals surface area contributed by atoms with Crippen LogP contribution in [0.3, 0.4) is 0 Å². The zero-order valence-electron chi connectivity index (χ0n) is 15.4. The van der Waals surface area contributed by atoms with E-state index < -0.39 is 17.5 Å². The van der Waals surface area contributed by atoms with Gasteiger partial charge in [0.1, 0.15) is 0 Å². The topological polar surface area (TPSA) is 107 Å². The van der Waals surface area contributed by atoms with Crippen LogP contribution in [0.25, 0.3) is 6.08 Å². The van der Waals surface area contributed by atoms with E-state index in [0.717, 1.165) is 18.2 Å². The van der Waals surface area contributed by atoms with Gasteiger partial charge < -0.3 is 9.64 Å². The molecule has 0 atom stereocenters. The first-order valence-corrected chi connectivity index (χ1v) is 8.97. The van der Waals surface area contributed by atoms with Crippen LogP contribution in [-0.4, -0.2) is 35.7 Å². The third-order valence-electron chi connectivity index (χ3n) is 4.44. The van der Waals surface area contributed by atoms with E-state index >= 15 is 0 Å². The molecule has 1 aliphatic heterocycles. The molecule has 8 heteroatoms. The zero-order chi connectivity index (χ0) is 20.8. The Morgan fingerprint density at radius 3 is 2.38 bits per heavy atom. The van der Waals surface area contributed by atoms with Gasteiger partial charge in [0, 0.05) is 42.4 Å². The normalized spacial score (nSPS) is 13.7. The van der Waals surface area contributed by atoms with Crippen LogP contribution < -0.4 is 4.90 Å². The summed E-state index contributed by atoms with van der Waals surface area (Å²) >= 11 is 0. The fourth-order valence-corrected chi connectivity index (χ4v) is 2.89. The number of anilines is 1. The van der Waals surface area contributed by atoms with Crippen LogP contribution in [0.5, 0.6) is 0 Å². The number of nitrogens with zero attached hydrogens (tertiary/aromatic N) is 2. The van der Waals surface area contributed by atoms with Crippen molar-refractivity contribution in [2.45, 2.75) is 12.8 Å². The number of ether oxygens (including phenoxy) is 1. The van der Waals surface area contributed by atoms with Gasteiger partial charge in [-0.1, -0.05) is 0 Å². The largest absolute Gasteiger partial charge is 0.454 e. The number of non-ortho nitro benzene ring substituents is 1. The molecule has 0 aromatic heterocycles. The molecule has 1 saturated heterocycles. The number of esters is 1. The van der Waals surface area contributed by atoms with Gasteiger partial charge in [-0.05, 0) is 54.5 Å². The molecule has 2 aromatic carbocycles. The van der Waals surface area contributed by atoms with Gasteiger partial charge in [0.15, 0.2) is 12.4 Å². The van der Waals surface area contributed by atoms with Gasteiger partial charge >= 0.3 is 5.97 Å². The molecule has 0 N–H and O–H groups in total. The predicted octanol–water partition coefficient (Wildman–Crippen LogP) is 3.16. The van der Waals surface area contributed by atoms with Crippen molar-refractivity contribution in [3.63, 3.8) is 0 Å². The van der Waals surface area contributed by atoms with Crippen LogP contribution in [0, 0.1) is 10.1 Å². The number of rotatable bonds is 7. The molecule has 0 aliphatic carbocycles. The Morgan fingerprint density at radius 1 is 1.10 bits per heavy atom. The van der Waals surface area contributed by atoms with Crippen LogP contribution >= 0.6 is 0 Å². The van der Waals surface area contributed by atoms with Gasteiger partial charge in [-0.2, -0.15) is 0 Å². The van der Waals surface area contributed by atoms with E-state index in [0.29, 0.717) is 24.1 Å². The van der Waals surface area contributed by atoms with E-state index in [1.54, 1.807) is 29.2 Å². The molecular formula is C21H18N2O6. The molecule has 1 fully saturated rings. The average Bonchev–Trinajstić information content (AvgIpc) is 3.16. The first-order valence-electron chi connectivity index (χ1n) is 8.97. The maximum absolute atomic E-state index is 12.2. The Hall–Kier alpha value is -3.81. The number of carbonyl (C=O) groups is 3. The van der Waals surface area contributed by atoms with Gasteiger partial charge in [-0.3, -0.25) is 19.7 Å². The smallest absolute Gasteiger partial charge is 0.331 e. The third-order valence-corrected chi connectivity index (χ3v) is 4.44. The fraction of sp³-hybridized carbons (Fsp3) is 0.190. The number of carbonyl (C=O) groups excluding carboxylic acids is 3. The van der Waals surface area contributed by atoms with Crippen molar-refractivity contribution in [3.05, 3.63) is 75.8 Å². The summed E-state index contributed by atoms with van der Waals surface area (Å²) < 4.78 is 4.94. The van der Waals surface area contributed by atoms with Crippen molar-refractivity contribution in [1.29, 1.82) is 0 Å². The molecule has 0 bridgehead atoms. The van der Waals surface area contributed by atoms with E-state index in [1.165, 1.54) is 30.3 Å². The summed E-state index contributed by atoms with van der Waals surface area (Å²) in [5.74, 6) is -0.991. The molecule has 0 radical (unpaired) electrons. The lowest BCUT2D eigenvalue weighted by Crippen LogP contribution is -2.23. The highest BCUT2D eigenvalue weighted by atomic mass is 16.6. The maximum atomic E-state index is 12.2. The maximum Gasteiger partial charge on any atom is 0.331 e. The number of benzene rings is 2. The van der Waals surface area contributed by atoms with Gasteiger partial charge in [0.05, 0.1) is 4.92 Å². The zero-order valence-corrected chi connectivity index (χ0v) is 15.4. The Labute approximate surface area is 166 Å². The summed E-state index contributed by atoms with van der Waals surface area (Å²) in [6.07, 6.45) is 3.95. The minimum Gasteiger partial charge on any atom is -0.454 e. The molecule has 0 unspecified atom stereocenters. The molecule has 148 valence electrons. The van der Waals surface area contributed by atoms with Crippen molar-refractivity contribution in [2.75, 3.05) is 18.1 Å². The molecule has 8 nitrogen and oxygen atoms in total. The second kappa shape index (κ2) is 8.92. The van der Waals surface area contributed by atoms with Crippen molar-refractivity contribution in [1.82, 2.24) is 0 Å². The molecule has 2 aromatic rings. The Kier molecular flexibility index (Phi) is 6.13. The highest BCUT2D eigenvalue weighted by Crippen LogP contribution is 2.21. The van der Waals surface area contributed by atoms with E-state index in [1.807, 2.05) is 0 Å². The average molecular weight is 394 g/mol. The number of nitro groups is 1. The standard InChI is InChI=1S/C21H18N2O6/c24-19(16-6-10-17(11-7-16)22-13-1-2-20(22)25)14-29-21(26)12-5-15-3-8-18(9-4-15)23(27)28/h3-12H,1-2,13-14H2/b12-5+. The van der Waals surface area contributed by atoms with Gasteiger partial charge in [0.25, 0.3) is 5.69 Å². The molecule has 1 amide bonds. The highest BCUT2D eigenvalue weighted by Gasteiger charge is 2.21. The van der Waals surface area contributed by atoms with E-state index in [-0.39, 0.29) is 17.4 Å². The van der Waals surface area contributed by atoms with Gasteiger partial charge in [0.2, 0.25) is 5.91 Å². The number of nitro benzene ring substituents is 1. The number of amides is 1. The SMILES string of the molecule is O=C(/C=C/c1ccc([N+](=O)[O-])cc1)OCC(=O)c1ccc(N2CCCC2=O)cc1. The molecule has 3 rings (SSSR count). The van der Waals surface area contributed by atoms with Crippen molar-refractivity contribution >= 4 is 35.1 Å². The Bertz CT molecular complexity index is 964. The van der Waals surface area contributed by atoms with Crippen LogP contribution in [0.1, 0.15) is 28.8 Å². The quantitative estimate of drug-likeness (QED) is 0.235. The van der Waals surface area contributed by atoms with Gasteiger partial charge in [-0.15, -0.1) is 0 Å². The second-order valence-electron chi connectivity index (χ2n) is 6.41. The molecule has 0 spiro atoms. The lowest BCUT2D eigenvalue weighted by Gasteiger charge is -2.15. The summed E-state index contributed by atoms with van der Waals surface area (Å²) in [4.78, 5) is 47.5. The minimum atomic E-state index is -0.698. The highest BCUT2D eigenvalue weighted by molar-refractivity contribution is 6.00. The summed E-state index contributed by atoms with van der Waals surface area (Å²) in [5.41, 5.74) is 1.67. The van der Waals surface area contributed by atoms with Crippen molar-refractivity contribution in [3.8, 4) is 0 Å². The third kappa shape index (κ3) is 5.13. The summed E-state index contributed by atoms with van der Waals surface area (Å²) in [5, 5.41) is 10.6. The molecule has 29 heavy (non-hydrogen) atoms. The van der Waals surface area contributed by atoms with Crippen LogP contribution in [0.15, 0.2) is 54.6 Å². The summed E-state index contributed by atoms with van der Waals surface area (Å²) in [6, 6.07) is 12.3. The second-order valence-corrected chi connectivity index (χ2v) is 6.41. The first kappa shape index (κ1) is 19.9. The van der Waals surface area contributed by atoms with Crippen LogP contribution in [0.2, 0.25) is 0 Å². The minimum absolute atomic E-state index is 0.0459. The molecular weight excluding hydrogens is 376 g/mol. The lowest BCUT2D eigenvalue weighted by molar-refractivity contribution is -0.384. The number of ketones is 1. The van der Waals surface area contributed by atoms with Crippen molar-refractivity contribution < 1.29 is 24.0 Å². The number of hydrogen-bond acceptors (Lipinski definition) is 6. The summed E-state index contributed by atoms with van der Waals surface area (Å²) in [7, 11) is 0. The monoisotopic (exact) mass is 394 g/mol. The first-order chi connectivity index (χ1) is 13.9. The molecule has 0 saturated carbocycles. The summed E-state index contributed by atoms with van der Waals surface area (Å²) in [6.45, 7) is 0.260. The molecule has 1 heterocycles. The fourth-order valence-electron chi connectivity index (χ4n) is 2.89. The van der Waals surface area contributed by atoms with E-state index in [2.05, 4.69) is 0 Å². The van der Waals surface area contributed by atoms with Crippen molar-refractivity contribution in [2.24, 2.45) is 0 Å². The molecule has 1 aliphatic rings.